The lowest BCUT2D eigenvalue weighted by atomic mass is 10.1. The van der Waals surface area contributed by atoms with E-state index in [0.717, 1.165) is 18.7 Å². The van der Waals surface area contributed by atoms with Crippen LogP contribution in [0.25, 0.3) is 0 Å². The fourth-order valence-corrected chi connectivity index (χ4v) is 1.83. The van der Waals surface area contributed by atoms with E-state index in [1.165, 1.54) is 0 Å². The number of carbonyl (C=O) groups is 1. The zero-order valence-corrected chi connectivity index (χ0v) is 11.3. The average Bonchev–Trinajstić information content (AvgIpc) is 2.36. The standard InChI is InChI=1S/C15H20N2O/c1-4-17(11-12(2)3)15(18)9-13-5-7-14(10-16)8-6-13/h5-8,12H,4,9,11H2,1-3H3. The van der Waals surface area contributed by atoms with Crippen LogP contribution in [0, 0.1) is 17.2 Å². The Morgan fingerprint density at radius 3 is 2.39 bits per heavy atom. The zero-order valence-electron chi connectivity index (χ0n) is 11.3. The topological polar surface area (TPSA) is 44.1 Å². The maximum absolute atomic E-state index is 12.1. The second-order valence-corrected chi connectivity index (χ2v) is 4.81. The van der Waals surface area contributed by atoms with Crippen LogP contribution in [0.4, 0.5) is 0 Å². The van der Waals surface area contributed by atoms with E-state index < -0.39 is 0 Å². The molecule has 1 amide bonds. The molecule has 0 radical (unpaired) electrons. The molecule has 3 heteroatoms. The van der Waals surface area contributed by atoms with Crippen LogP contribution in [0.3, 0.4) is 0 Å². The molecular weight excluding hydrogens is 224 g/mol. The van der Waals surface area contributed by atoms with E-state index in [1.807, 2.05) is 24.0 Å². The fraction of sp³-hybridized carbons (Fsp3) is 0.467. The predicted octanol–water partition coefficient (Wildman–Crippen LogP) is 2.61. The van der Waals surface area contributed by atoms with Crippen molar-refractivity contribution < 1.29 is 4.79 Å². The van der Waals surface area contributed by atoms with Crippen LogP contribution >= 0.6 is 0 Å². The third-order valence-corrected chi connectivity index (χ3v) is 2.76. The number of hydrogen-bond acceptors (Lipinski definition) is 2. The van der Waals surface area contributed by atoms with Crippen molar-refractivity contribution >= 4 is 5.91 Å². The Hall–Kier alpha value is -1.82. The summed E-state index contributed by atoms with van der Waals surface area (Å²) in [4.78, 5) is 14.0. The van der Waals surface area contributed by atoms with Crippen molar-refractivity contribution in [1.29, 1.82) is 5.26 Å². The quantitative estimate of drug-likeness (QED) is 0.799. The second-order valence-electron chi connectivity index (χ2n) is 4.81. The predicted molar refractivity (Wildman–Crippen MR) is 72.0 cm³/mol. The Bertz CT molecular complexity index is 429. The van der Waals surface area contributed by atoms with Crippen molar-refractivity contribution in [3.8, 4) is 6.07 Å². The highest BCUT2D eigenvalue weighted by Gasteiger charge is 2.13. The van der Waals surface area contributed by atoms with Crippen molar-refractivity contribution in [3.63, 3.8) is 0 Å². The minimum atomic E-state index is 0.149. The first-order chi connectivity index (χ1) is 8.56. The van der Waals surface area contributed by atoms with Crippen LogP contribution < -0.4 is 0 Å². The smallest absolute Gasteiger partial charge is 0.226 e. The monoisotopic (exact) mass is 244 g/mol. The third kappa shape index (κ3) is 4.21. The van der Waals surface area contributed by atoms with Crippen molar-refractivity contribution in [2.24, 2.45) is 5.92 Å². The largest absolute Gasteiger partial charge is 0.342 e. The van der Waals surface area contributed by atoms with Gasteiger partial charge in [-0.05, 0) is 30.5 Å². The molecule has 0 N–H and O–H groups in total. The molecular formula is C15H20N2O. The zero-order chi connectivity index (χ0) is 13.5. The van der Waals surface area contributed by atoms with Gasteiger partial charge in [-0.1, -0.05) is 26.0 Å². The van der Waals surface area contributed by atoms with Crippen molar-refractivity contribution in [3.05, 3.63) is 35.4 Å². The number of carbonyl (C=O) groups excluding carboxylic acids is 1. The normalized spacial score (nSPS) is 10.2. The first-order valence-corrected chi connectivity index (χ1v) is 6.33. The van der Waals surface area contributed by atoms with Crippen LogP contribution in [0.1, 0.15) is 31.9 Å². The molecule has 96 valence electrons. The molecule has 18 heavy (non-hydrogen) atoms. The highest BCUT2D eigenvalue weighted by atomic mass is 16.2. The summed E-state index contributed by atoms with van der Waals surface area (Å²) in [5, 5.41) is 8.71. The molecule has 0 saturated heterocycles. The first-order valence-electron chi connectivity index (χ1n) is 6.33. The average molecular weight is 244 g/mol. The summed E-state index contributed by atoms with van der Waals surface area (Å²) in [6.07, 6.45) is 0.409. The lowest BCUT2D eigenvalue weighted by Crippen LogP contribution is -2.35. The molecule has 0 bridgehead atoms. The van der Waals surface area contributed by atoms with Crippen LogP contribution in [0.15, 0.2) is 24.3 Å². The first kappa shape index (κ1) is 14.2. The van der Waals surface area contributed by atoms with Gasteiger partial charge in [-0.25, -0.2) is 0 Å². The summed E-state index contributed by atoms with van der Waals surface area (Å²) >= 11 is 0. The van der Waals surface area contributed by atoms with E-state index in [2.05, 4.69) is 19.9 Å². The van der Waals surface area contributed by atoms with Crippen LogP contribution in [0.5, 0.6) is 0 Å². The molecule has 1 aromatic carbocycles. The van der Waals surface area contributed by atoms with Crippen LogP contribution in [0.2, 0.25) is 0 Å². The summed E-state index contributed by atoms with van der Waals surface area (Å²) < 4.78 is 0. The van der Waals surface area contributed by atoms with E-state index in [4.69, 9.17) is 5.26 Å². The van der Waals surface area contributed by atoms with Gasteiger partial charge in [-0.15, -0.1) is 0 Å². The molecule has 0 aliphatic rings. The second kappa shape index (κ2) is 6.80. The summed E-state index contributed by atoms with van der Waals surface area (Å²) in [6.45, 7) is 7.76. The summed E-state index contributed by atoms with van der Waals surface area (Å²) in [5.74, 6) is 0.630. The Balaban J connectivity index is 2.65. The van der Waals surface area contributed by atoms with Crippen LogP contribution in [-0.2, 0) is 11.2 Å². The van der Waals surface area contributed by atoms with Gasteiger partial charge in [0.1, 0.15) is 0 Å². The maximum atomic E-state index is 12.1. The molecule has 0 unspecified atom stereocenters. The molecule has 0 heterocycles. The highest BCUT2D eigenvalue weighted by Crippen LogP contribution is 2.07. The van der Waals surface area contributed by atoms with Gasteiger partial charge in [0.25, 0.3) is 0 Å². The summed E-state index contributed by atoms with van der Waals surface area (Å²) in [5.41, 5.74) is 1.59. The lowest BCUT2D eigenvalue weighted by Gasteiger charge is -2.23. The molecule has 0 aliphatic heterocycles. The van der Waals surface area contributed by atoms with Gasteiger partial charge in [0, 0.05) is 13.1 Å². The molecule has 0 saturated carbocycles. The molecule has 0 fully saturated rings. The maximum Gasteiger partial charge on any atom is 0.226 e. The number of hydrogen-bond donors (Lipinski definition) is 0. The van der Waals surface area contributed by atoms with Crippen molar-refractivity contribution in [1.82, 2.24) is 4.90 Å². The van der Waals surface area contributed by atoms with Gasteiger partial charge in [0.05, 0.1) is 18.1 Å². The van der Waals surface area contributed by atoms with E-state index in [1.54, 1.807) is 12.1 Å². The Labute approximate surface area is 109 Å². The number of nitrogens with zero attached hydrogens (tertiary/aromatic N) is 2. The van der Waals surface area contributed by atoms with Gasteiger partial charge in [-0.2, -0.15) is 5.26 Å². The fourth-order valence-electron chi connectivity index (χ4n) is 1.83. The van der Waals surface area contributed by atoms with Gasteiger partial charge >= 0.3 is 0 Å². The minimum absolute atomic E-state index is 0.149. The summed E-state index contributed by atoms with van der Waals surface area (Å²) in [7, 11) is 0. The third-order valence-electron chi connectivity index (χ3n) is 2.76. The Morgan fingerprint density at radius 2 is 1.94 bits per heavy atom. The Kier molecular flexibility index (Phi) is 5.38. The number of amides is 1. The SMILES string of the molecule is CCN(CC(C)C)C(=O)Cc1ccc(C#N)cc1. The number of nitriles is 1. The number of likely N-dealkylation sites (N-methyl/N-ethyl adjacent to an activating group) is 1. The number of rotatable bonds is 5. The van der Waals surface area contributed by atoms with E-state index in [9.17, 15) is 4.79 Å². The van der Waals surface area contributed by atoms with Crippen LogP contribution in [-0.4, -0.2) is 23.9 Å². The number of benzene rings is 1. The molecule has 3 nitrogen and oxygen atoms in total. The van der Waals surface area contributed by atoms with Gasteiger partial charge in [0.2, 0.25) is 5.91 Å². The molecule has 0 aromatic heterocycles. The molecule has 1 aromatic rings. The van der Waals surface area contributed by atoms with Gasteiger partial charge in [-0.3, -0.25) is 4.79 Å². The van der Waals surface area contributed by atoms with Gasteiger partial charge < -0.3 is 4.90 Å². The molecule has 0 spiro atoms. The summed E-state index contributed by atoms with van der Waals surface area (Å²) in [6, 6.07) is 9.27. The van der Waals surface area contributed by atoms with Gasteiger partial charge in [0.15, 0.2) is 0 Å². The van der Waals surface area contributed by atoms with Crippen molar-refractivity contribution in [2.75, 3.05) is 13.1 Å². The highest BCUT2D eigenvalue weighted by molar-refractivity contribution is 5.78. The minimum Gasteiger partial charge on any atom is -0.342 e. The van der Waals surface area contributed by atoms with Crippen molar-refractivity contribution in [2.45, 2.75) is 27.2 Å². The molecule has 1 rings (SSSR count). The molecule has 0 atom stereocenters. The molecule has 0 aliphatic carbocycles. The van der Waals surface area contributed by atoms with E-state index >= 15 is 0 Å². The van der Waals surface area contributed by atoms with E-state index in [-0.39, 0.29) is 5.91 Å². The lowest BCUT2D eigenvalue weighted by molar-refractivity contribution is -0.130. The van der Waals surface area contributed by atoms with E-state index in [0.29, 0.717) is 17.9 Å². The Morgan fingerprint density at radius 1 is 1.33 bits per heavy atom.